The second-order valence-corrected chi connectivity index (χ2v) is 7.44. The van der Waals surface area contributed by atoms with Crippen LogP contribution in [-0.2, 0) is 4.79 Å². The Morgan fingerprint density at radius 1 is 1.15 bits per heavy atom. The van der Waals surface area contributed by atoms with Crippen LogP contribution in [0, 0.1) is 13.8 Å². The highest BCUT2D eigenvalue weighted by atomic mass is 32.2. The van der Waals surface area contributed by atoms with Crippen LogP contribution in [0.15, 0.2) is 53.4 Å². The van der Waals surface area contributed by atoms with E-state index in [0.717, 1.165) is 21.8 Å². The molecule has 0 aliphatic carbocycles. The summed E-state index contributed by atoms with van der Waals surface area (Å²) in [5.74, 6) is 0.680. The van der Waals surface area contributed by atoms with Crippen LogP contribution in [0.5, 0.6) is 0 Å². The number of amides is 2. The first-order valence-corrected chi connectivity index (χ1v) is 9.50. The lowest BCUT2D eigenvalue weighted by molar-refractivity contribution is -0.113. The van der Waals surface area contributed by atoms with Crippen molar-refractivity contribution in [3.63, 3.8) is 0 Å². The summed E-state index contributed by atoms with van der Waals surface area (Å²) < 4.78 is 1.71. The normalized spacial score (nSPS) is 13.0. The minimum atomic E-state index is -0.254. The summed E-state index contributed by atoms with van der Waals surface area (Å²) in [6, 6.07) is 15.1. The first-order chi connectivity index (χ1) is 13.0. The smallest absolute Gasteiger partial charge is 0.256 e. The quantitative estimate of drug-likeness (QED) is 0.727. The van der Waals surface area contributed by atoms with Gasteiger partial charge in [-0.15, -0.1) is 11.8 Å². The van der Waals surface area contributed by atoms with Crippen LogP contribution in [0.4, 0.5) is 11.5 Å². The highest BCUT2D eigenvalue weighted by Crippen LogP contribution is 2.32. The van der Waals surface area contributed by atoms with E-state index in [2.05, 4.69) is 15.7 Å². The summed E-state index contributed by atoms with van der Waals surface area (Å²) in [5.41, 5.74) is 3.98. The fourth-order valence-electron chi connectivity index (χ4n) is 2.88. The maximum absolute atomic E-state index is 12.8. The molecule has 0 saturated heterocycles. The molecule has 3 aromatic rings. The third-order valence-corrected chi connectivity index (χ3v) is 5.30. The molecule has 0 fully saturated rings. The molecule has 2 aromatic carbocycles. The molecule has 2 N–H and O–H groups in total. The van der Waals surface area contributed by atoms with E-state index >= 15 is 0 Å². The van der Waals surface area contributed by atoms with E-state index in [1.54, 1.807) is 16.8 Å². The Kier molecular flexibility index (Phi) is 4.45. The van der Waals surface area contributed by atoms with Gasteiger partial charge in [0.05, 0.1) is 22.8 Å². The molecule has 2 amide bonds. The van der Waals surface area contributed by atoms with Crippen LogP contribution in [0.3, 0.4) is 0 Å². The second kappa shape index (κ2) is 6.92. The lowest BCUT2D eigenvalue weighted by Gasteiger charge is -2.17. The zero-order valence-electron chi connectivity index (χ0n) is 14.9. The molecule has 0 radical (unpaired) electrons. The van der Waals surface area contributed by atoms with Crippen molar-refractivity contribution >= 4 is 35.1 Å². The van der Waals surface area contributed by atoms with E-state index < -0.39 is 0 Å². The van der Waals surface area contributed by atoms with Crippen molar-refractivity contribution in [2.75, 3.05) is 16.4 Å². The maximum Gasteiger partial charge on any atom is 0.256 e. The van der Waals surface area contributed by atoms with Crippen LogP contribution in [0.1, 0.15) is 21.6 Å². The van der Waals surface area contributed by atoms with Crippen molar-refractivity contribution in [1.82, 2.24) is 9.78 Å². The van der Waals surface area contributed by atoms with Crippen LogP contribution in [0.25, 0.3) is 5.69 Å². The maximum atomic E-state index is 12.8. The Hall–Kier alpha value is -3.06. The monoisotopic (exact) mass is 378 g/mol. The van der Waals surface area contributed by atoms with Crippen molar-refractivity contribution in [3.8, 4) is 5.69 Å². The van der Waals surface area contributed by atoms with Gasteiger partial charge < -0.3 is 10.6 Å². The van der Waals surface area contributed by atoms with Gasteiger partial charge in [-0.25, -0.2) is 4.68 Å². The molecule has 2 heterocycles. The number of benzene rings is 2. The molecule has 136 valence electrons. The van der Waals surface area contributed by atoms with Gasteiger partial charge >= 0.3 is 0 Å². The number of fused-ring (bicyclic) bond motifs is 1. The number of carbonyl (C=O) groups excluding carboxylic acids is 2. The lowest BCUT2D eigenvalue weighted by Crippen LogP contribution is -2.20. The Balaban J connectivity index is 1.61. The number of nitrogens with zero attached hydrogens (tertiary/aromatic N) is 2. The average Bonchev–Trinajstić information content (AvgIpc) is 3.01. The first-order valence-electron chi connectivity index (χ1n) is 8.51. The summed E-state index contributed by atoms with van der Waals surface area (Å²) in [7, 11) is 0. The number of rotatable bonds is 3. The Morgan fingerprint density at radius 2 is 1.93 bits per heavy atom. The molecule has 1 aliphatic rings. The number of anilines is 2. The SMILES string of the molecule is Cc1ccc(-n2nc(C)cc2NC(=O)c2ccc3c(c2)NC(=O)CS3)cc1. The number of carbonyl (C=O) groups is 2. The van der Waals surface area contributed by atoms with Gasteiger partial charge in [0.2, 0.25) is 5.91 Å². The topological polar surface area (TPSA) is 76.0 Å². The standard InChI is InChI=1S/C20H18N4O2S/c1-12-3-6-15(7-4-12)24-18(9-13(2)23-24)22-20(26)14-5-8-17-16(10-14)21-19(25)11-27-17/h3-10H,11H2,1-2H3,(H,21,25)(H,22,26). The Bertz CT molecular complexity index is 1040. The molecule has 7 heteroatoms. The molecule has 0 bridgehead atoms. The van der Waals surface area contributed by atoms with Crippen molar-refractivity contribution in [3.05, 3.63) is 65.4 Å². The highest BCUT2D eigenvalue weighted by Gasteiger charge is 2.18. The zero-order chi connectivity index (χ0) is 19.0. The molecule has 0 unspecified atom stereocenters. The number of thioether (sulfide) groups is 1. The van der Waals surface area contributed by atoms with Crippen LogP contribution < -0.4 is 10.6 Å². The summed E-state index contributed by atoms with van der Waals surface area (Å²) in [4.78, 5) is 25.3. The largest absolute Gasteiger partial charge is 0.324 e. The predicted molar refractivity (Wildman–Crippen MR) is 107 cm³/mol. The molecule has 0 spiro atoms. The van der Waals surface area contributed by atoms with Gasteiger partial charge in [-0.2, -0.15) is 5.10 Å². The third-order valence-electron chi connectivity index (χ3n) is 4.23. The number of aryl methyl sites for hydroxylation is 2. The summed E-state index contributed by atoms with van der Waals surface area (Å²) in [5, 5.41) is 10.2. The fourth-order valence-corrected chi connectivity index (χ4v) is 3.67. The molecular weight excluding hydrogens is 360 g/mol. The van der Waals surface area contributed by atoms with Gasteiger partial charge in [0.15, 0.2) is 0 Å². The molecule has 27 heavy (non-hydrogen) atoms. The Morgan fingerprint density at radius 3 is 2.70 bits per heavy atom. The van der Waals surface area contributed by atoms with E-state index in [4.69, 9.17) is 0 Å². The van der Waals surface area contributed by atoms with Gasteiger partial charge in [-0.3, -0.25) is 9.59 Å². The lowest BCUT2D eigenvalue weighted by atomic mass is 10.2. The van der Waals surface area contributed by atoms with Gasteiger partial charge in [0.1, 0.15) is 5.82 Å². The number of hydrogen-bond donors (Lipinski definition) is 2. The molecule has 0 saturated carbocycles. The van der Waals surface area contributed by atoms with E-state index in [9.17, 15) is 9.59 Å². The first kappa shape index (κ1) is 17.4. The van der Waals surface area contributed by atoms with Gasteiger partial charge in [0.25, 0.3) is 5.91 Å². The average molecular weight is 378 g/mol. The van der Waals surface area contributed by atoms with Crippen molar-refractivity contribution in [2.24, 2.45) is 0 Å². The fraction of sp³-hybridized carbons (Fsp3) is 0.150. The summed E-state index contributed by atoms with van der Waals surface area (Å²) in [6.07, 6.45) is 0. The van der Waals surface area contributed by atoms with E-state index in [1.807, 2.05) is 50.2 Å². The predicted octanol–water partition coefficient (Wildman–Crippen LogP) is 3.79. The van der Waals surface area contributed by atoms with Crippen LogP contribution in [0.2, 0.25) is 0 Å². The van der Waals surface area contributed by atoms with E-state index in [1.165, 1.54) is 11.8 Å². The molecule has 6 nitrogen and oxygen atoms in total. The molecule has 4 rings (SSSR count). The van der Waals surface area contributed by atoms with Crippen molar-refractivity contribution in [1.29, 1.82) is 0 Å². The van der Waals surface area contributed by atoms with Crippen molar-refractivity contribution < 1.29 is 9.59 Å². The molecular formula is C20H18N4O2S. The molecule has 1 aliphatic heterocycles. The Labute approximate surface area is 161 Å². The number of nitrogens with one attached hydrogen (secondary N) is 2. The summed E-state index contributed by atoms with van der Waals surface area (Å²) in [6.45, 7) is 3.90. The van der Waals surface area contributed by atoms with Gasteiger partial charge in [-0.05, 0) is 44.2 Å². The number of hydrogen-bond acceptors (Lipinski definition) is 4. The van der Waals surface area contributed by atoms with Gasteiger partial charge in [0, 0.05) is 16.5 Å². The van der Waals surface area contributed by atoms with E-state index in [-0.39, 0.29) is 11.8 Å². The van der Waals surface area contributed by atoms with Crippen LogP contribution in [-0.4, -0.2) is 27.3 Å². The van der Waals surface area contributed by atoms with Crippen molar-refractivity contribution in [2.45, 2.75) is 18.7 Å². The third kappa shape index (κ3) is 3.59. The minimum absolute atomic E-state index is 0.0573. The molecule has 0 atom stereocenters. The van der Waals surface area contributed by atoms with Crippen LogP contribution >= 0.6 is 11.8 Å². The van der Waals surface area contributed by atoms with Gasteiger partial charge in [-0.1, -0.05) is 17.7 Å². The molecule has 1 aromatic heterocycles. The van der Waals surface area contributed by atoms with E-state index in [0.29, 0.717) is 22.8 Å². The highest BCUT2D eigenvalue weighted by molar-refractivity contribution is 8.00. The summed E-state index contributed by atoms with van der Waals surface area (Å²) >= 11 is 1.47. The number of aromatic nitrogens is 2. The minimum Gasteiger partial charge on any atom is -0.324 e. The second-order valence-electron chi connectivity index (χ2n) is 6.42. The zero-order valence-corrected chi connectivity index (χ0v) is 15.8.